The standard InChI is InChI=1S/C13H22BrN3O/c1-6-13(4,5)16-10-7-15-17(8-9(2)3)12(18)11(10)14/h7,9,16H,6,8H2,1-5H3. The molecule has 0 fully saturated rings. The number of anilines is 1. The van der Waals surface area contributed by atoms with Gasteiger partial charge in [0.05, 0.1) is 11.9 Å². The fourth-order valence-corrected chi connectivity index (χ4v) is 1.89. The Labute approximate surface area is 117 Å². The Morgan fingerprint density at radius 1 is 1.50 bits per heavy atom. The van der Waals surface area contributed by atoms with E-state index in [1.807, 2.05) is 0 Å². The molecule has 0 saturated heterocycles. The molecule has 0 bridgehead atoms. The molecule has 0 amide bonds. The van der Waals surface area contributed by atoms with Gasteiger partial charge in [0, 0.05) is 12.1 Å². The zero-order chi connectivity index (χ0) is 13.9. The van der Waals surface area contributed by atoms with Crippen molar-refractivity contribution < 1.29 is 0 Å². The van der Waals surface area contributed by atoms with Crippen molar-refractivity contribution >= 4 is 21.6 Å². The van der Waals surface area contributed by atoms with Crippen molar-refractivity contribution in [1.29, 1.82) is 0 Å². The molecular weight excluding hydrogens is 294 g/mol. The summed E-state index contributed by atoms with van der Waals surface area (Å²) in [5.41, 5.74) is 0.619. The highest BCUT2D eigenvalue weighted by molar-refractivity contribution is 9.10. The van der Waals surface area contributed by atoms with E-state index in [0.29, 0.717) is 16.9 Å². The quantitative estimate of drug-likeness (QED) is 0.907. The third-order valence-corrected chi connectivity index (χ3v) is 3.65. The van der Waals surface area contributed by atoms with Crippen LogP contribution < -0.4 is 10.9 Å². The largest absolute Gasteiger partial charge is 0.378 e. The Kier molecular flexibility index (Phi) is 4.96. The van der Waals surface area contributed by atoms with E-state index >= 15 is 0 Å². The first-order valence-electron chi connectivity index (χ1n) is 6.30. The normalized spacial score (nSPS) is 11.9. The van der Waals surface area contributed by atoms with Crippen molar-refractivity contribution in [3.8, 4) is 0 Å². The predicted octanol–water partition coefficient (Wildman–Crippen LogP) is 3.26. The second-order valence-corrected chi connectivity index (χ2v) is 6.41. The van der Waals surface area contributed by atoms with Gasteiger partial charge in [-0.2, -0.15) is 5.10 Å². The summed E-state index contributed by atoms with van der Waals surface area (Å²) in [6.07, 6.45) is 2.68. The maximum absolute atomic E-state index is 12.1. The van der Waals surface area contributed by atoms with Crippen LogP contribution in [0.3, 0.4) is 0 Å². The van der Waals surface area contributed by atoms with Gasteiger partial charge >= 0.3 is 0 Å². The van der Waals surface area contributed by atoms with Crippen LogP contribution in [0.5, 0.6) is 0 Å². The summed E-state index contributed by atoms with van der Waals surface area (Å²) in [5.74, 6) is 0.396. The van der Waals surface area contributed by atoms with Gasteiger partial charge < -0.3 is 5.32 Å². The van der Waals surface area contributed by atoms with E-state index in [9.17, 15) is 4.79 Å². The van der Waals surface area contributed by atoms with Crippen LogP contribution in [0.4, 0.5) is 5.69 Å². The van der Waals surface area contributed by atoms with Crippen molar-refractivity contribution in [2.45, 2.75) is 53.1 Å². The van der Waals surface area contributed by atoms with Gasteiger partial charge in [-0.1, -0.05) is 20.8 Å². The fourth-order valence-electron chi connectivity index (χ4n) is 1.48. The summed E-state index contributed by atoms with van der Waals surface area (Å²) >= 11 is 3.37. The van der Waals surface area contributed by atoms with Crippen molar-refractivity contribution in [3.05, 3.63) is 21.0 Å². The van der Waals surface area contributed by atoms with Gasteiger partial charge in [0.2, 0.25) is 0 Å². The van der Waals surface area contributed by atoms with Gasteiger partial charge in [0.15, 0.2) is 0 Å². The molecule has 1 heterocycles. The number of hydrogen-bond acceptors (Lipinski definition) is 3. The smallest absolute Gasteiger partial charge is 0.283 e. The van der Waals surface area contributed by atoms with Crippen LogP contribution in [-0.4, -0.2) is 15.3 Å². The number of nitrogens with zero attached hydrogens (tertiary/aromatic N) is 2. The average molecular weight is 316 g/mol. The zero-order valence-corrected chi connectivity index (χ0v) is 13.3. The van der Waals surface area contributed by atoms with E-state index in [1.165, 1.54) is 4.68 Å². The molecule has 0 aliphatic heterocycles. The van der Waals surface area contributed by atoms with Crippen LogP contribution in [0.25, 0.3) is 0 Å². The highest BCUT2D eigenvalue weighted by Gasteiger charge is 2.18. The third kappa shape index (κ3) is 3.83. The van der Waals surface area contributed by atoms with Crippen LogP contribution in [0, 0.1) is 5.92 Å². The number of rotatable bonds is 5. The second kappa shape index (κ2) is 5.87. The summed E-state index contributed by atoms with van der Waals surface area (Å²) in [5, 5.41) is 7.54. The molecule has 1 rings (SSSR count). The van der Waals surface area contributed by atoms with E-state index in [-0.39, 0.29) is 11.1 Å². The molecule has 0 unspecified atom stereocenters. The van der Waals surface area contributed by atoms with Crippen LogP contribution in [-0.2, 0) is 6.54 Å². The van der Waals surface area contributed by atoms with E-state index in [4.69, 9.17) is 0 Å². The minimum Gasteiger partial charge on any atom is -0.378 e. The van der Waals surface area contributed by atoms with Crippen LogP contribution in [0.2, 0.25) is 0 Å². The minimum absolute atomic E-state index is 0.0547. The molecule has 0 atom stereocenters. The lowest BCUT2D eigenvalue weighted by molar-refractivity contribution is 0.461. The number of aromatic nitrogens is 2. The maximum atomic E-state index is 12.1. The second-order valence-electron chi connectivity index (χ2n) is 5.62. The molecule has 1 N–H and O–H groups in total. The molecule has 0 spiro atoms. The van der Waals surface area contributed by atoms with Gasteiger partial charge in [-0.15, -0.1) is 0 Å². The maximum Gasteiger partial charge on any atom is 0.283 e. The highest BCUT2D eigenvalue weighted by Crippen LogP contribution is 2.22. The van der Waals surface area contributed by atoms with Gasteiger partial charge in [0.1, 0.15) is 4.47 Å². The molecule has 0 saturated carbocycles. The summed E-state index contributed by atoms with van der Waals surface area (Å²) in [7, 11) is 0. The number of nitrogens with one attached hydrogen (secondary N) is 1. The highest BCUT2D eigenvalue weighted by atomic mass is 79.9. The molecule has 1 aromatic heterocycles. The van der Waals surface area contributed by atoms with Gasteiger partial charge in [-0.05, 0) is 42.1 Å². The molecule has 5 heteroatoms. The van der Waals surface area contributed by atoms with Crippen molar-refractivity contribution in [1.82, 2.24) is 9.78 Å². The first kappa shape index (κ1) is 15.2. The molecule has 1 aromatic rings. The summed E-state index contributed by atoms with van der Waals surface area (Å²) in [6, 6.07) is 0. The first-order chi connectivity index (χ1) is 8.26. The topological polar surface area (TPSA) is 46.9 Å². The van der Waals surface area contributed by atoms with Crippen LogP contribution in [0.1, 0.15) is 41.0 Å². The lowest BCUT2D eigenvalue weighted by Gasteiger charge is -2.26. The molecule has 0 aliphatic rings. The fraction of sp³-hybridized carbons (Fsp3) is 0.692. The number of hydrogen-bond donors (Lipinski definition) is 1. The first-order valence-corrected chi connectivity index (χ1v) is 7.10. The Balaban J connectivity index is 3.05. The van der Waals surface area contributed by atoms with Gasteiger partial charge in [-0.25, -0.2) is 4.68 Å². The molecule has 0 aliphatic carbocycles. The van der Waals surface area contributed by atoms with E-state index < -0.39 is 0 Å². The van der Waals surface area contributed by atoms with E-state index in [0.717, 1.165) is 12.1 Å². The van der Waals surface area contributed by atoms with Crippen molar-refractivity contribution in [2.24, 2.45) is 5.92 Å². The summed E-state index contributed by atoms with van der Waals surface area (Å²) < 4.78 is 2.05. The Morgan fingerprint density at radius 2 is 2.11 bits per heavy atom. The Bertz CT molecular complexity index is 466. The molecule has 18 heavy (non-hydrogen) atoms. The van der Waals surface area contributed by atoms with Crippen LogP contribution in [0.15, 0.2) is 15.5 Å². The zero-order valence-electron chi connectivity index (χ0n) is 11.7. The Hall–Kier alpha value is -0.840. The molecule has 4 nitrogen and oxygen atoms in total. The lowest BCUT2D eigenvalue weighted by atomic mass is 10.0. The van der Waals surface area contributed by atoms with Crippen molar-refractivity contribution in [2.75, 3.05) is 5.32 Å². The molecule has 0 aromatic carbocycles. The van der Waals surface area contributed by atoms with E-state index in [1.54, 1.807) is 6.20 Å². The monoisotopic (exact) mass is 315 g/mol. The van der Waals surface area contributed by atoms with Gasteiger partial charge in [0.25, 0.3) is 5.56 Å². The third-order valence-electron chi connectivity index (χ3n) is 2.88. The average Bonchev–Trinajstić information content (AvgIpc) is 2.28. The van der Waals surface area contributed by atoms with E-state index in [2.05, 4.69) is 61.0 Å². The molecular formula is C13H22BrN3O. The minimum atomic E-state index is -0.0828. The summed E-state index contributed by atoms with van der Waals surface area (Å²) in [4.78, 5) is 12.1. The number of halogens is 1. The summed E-state index contributed by atoms with van der Waals surface area (Å²) in [6.45, 7) is 11.1. The van der Waals surface area contributed by atoms with Gasteiger partial charge in [-0.3, -0.25) is 4.79 Å². The SMILES string of the molecule is CCC(C)(C)Nc1cnn(CC(C)C)c(=O)c1Br. The lowest BCUT2D eigenvalue weighted by Crippen LogP contribution is -2.32. The molecule has 0 radical (unpaired) electrons. The van der Waals surface area contributed by atoms with Crippen LogP contribution >= 0.6 is 15.9 Å². The Morgan fingerprint density at radius 3 is 2.61 bits per heavy atom. The predicted molar refractivity (Wildman–Crippen MR) is 79.0 cm³/mol. The molecule has 102 valence electrons. The van der Waals surface area contributed by atoms with Crippen molar-refractivity contribution in [3.63, 3.8) is 0 Å².